The Morgan fingerprint density at radius 2 is 2.12 bits per heavy atom. The highest BCUT2D eigenvalue weighted by Gasteiger charge is 2.28. The van der Waals surface area contributed by atoms with E-state index in [9.17, 15) is 0 Å². The molecule has 0 bridgehead atoms. The Morgan fingerprint density at radius 1 is 1.35 bits per heavy atom. The van der Waals surface area contributed by atoms with Crippen molar-refractivity contribution in [1.29, 1.82) is 0 Å². The Kier molecular flexibility index (Phi) is 3.23. The van der Waals surface area contributed by atoms with Crippen molar-refractivity contribution in [3.63, 3.8) is 0 Å². The van der Waals surface area contributed by atoms with Crippen LogP contribution < -0.4 is 0 Å². The average Bonchev–Trinajstić information content (AvgIpc) is 2.36. The van der Waals surface area contributed by atoms with E-state index in [1.54, 1.807) is 12.3 Å². The van der Waals surface area contributed by atoms with Crippen LogP contribution in [0.5, 0.6) is 0 Å². The van der Waals surface area contributed by atoms with Crippen molar-refractivity contribution in [1.82, 2.24) is 4.98 Å². The van der Waals surface area contributed by atoms with Crippen LogP contribution in [0.25, 0.3) is 5.70 Å². The third-order valence-electron chi connectivity index (χ3n) is 3.67. The van der Waals surface area contributed by atoms with Crippen LogP contribution in [0.3, 0.4) is 0 Å². The van der Waals surface area contributed by atoms with Crippen LogP contribution in [0.2, 0.25) is 0 Å². The summed E-state index contributed by atoms with van der Waals surface area (Å²) in [6, 6.07) is 4.15. The largest absolute Gasteiger partial charge is 0.255 e. The zero-order chi connectivity index (χ0) is 12.4. The minimum Gasteiger partial charge on any atom is -0.255 e. The lowest BCUT2D eigenvalue weighted by molar-refractivity contribution is 0.548. The molecule has 1 aliphatic rings. The predicted octanol–water partition coefficient (Wildman–Crippen LogP) is 3.82. The quantitative estimate of drug-likeness (QED) is 0.704. The molecule has 17 heavy (non-hydrogen) atoms. The highest BCUT2D eigenvalue weighted by molar-refractivity contribution is 5.81. The molecule has 1 aromatic heterocycles. The zero-order valence-electron chi connectivity index (χ0n) is 10.6. The third-order valence-corrected chi connectivity index (χ3v) is 3.67. The van der Waals surface area contributed by atoms with Crippen LogP contribution in [-0.2, 0) is 0 Å². The van der Waals surface area contributed by atoms with Crippen molar-refractivity contribution in [3.8, 4) is 0 Å². The summed E-state index contributed by atoms with van der Waals surface area (Å²) in [6.07, 6.45) is 5.27. The number of allylic oxidation sites excluding steroid dienone is 2. The van der Waals surface area contributed by atoms with E-state index in [0.717, 1.165) is 11.4 Å². The number of aliphatic imine (C=N–C) groups is 1. The average molecular weight is 226 g/mol. The summed E-state index contributed by atoms with van der Waals surface area (Å²) in [5.41, 5.74) is 4.63. The second-order valence-electron chi connectivity index (χ2n) is 4.56. The number of fused-ring (bicyclic) bond motifs is 1. The van der Waals surface area contributed by atoms with E-state index in [2.05, 4.69) is 43.4 Å². The first kappa shape index (κ1) is 11.8. The molecule has 0 saturated carbocycles. The Hall–Kier alpha value is -1.70. The second kappa shape index (κ2) is 4.66. The summed E-state index contributed by atoms with van der Waals surface area (Å²) in [4.78, 5) is 8.97. The minimum absolute atomic E-state index is 0.501. The molecule has 0 amide bonds. The Labute approximate surface area is 103 Å². The number of nitrogens with zero attached hydrogens (tertiary/aromatic N) is 2. The second-order valence-corrected chi connectivity index (χ2v) is 4.56. The first-order valence-corrected chi connectivity index (χ1v) is 5.98. The maximum absolute atomic E-state index is 4.48. The Balaban J connectivity index is 2.62. The summed E-state index contributed by atoms with van der Waals surface area (Å²) < 4.78 is 0. The summed E-state index contributed by atoms with van der Waals surface area (Å²) in [6.45, 7) is 10.3. The van der Waals surface area contributed by atoms with E-state index in [1.807, 2.05) is 12.3 Å². The lowest BCUT2D eigenvalue weighted by Crippen LogP contribution is -2.17. The number of rotatable bonds is 2. The van der Waals surface area contributed by atoms with E-state index in [1.165, 1.54) is 11.1 Å². The lowest BCUT2D eigenvalue weighted by Gasteiger charge is -2.29. The predicted molar refractivity (Wildman–Crippen MR) is 73.1 cm³/mol. The third kappa shape index (κ3) is 1.95. The highest BCUT2D eigenvalue weighted by Crippen LogP contribution is 2.41. The van der Waals surface area contributed by atoms with E-state index in [-0.39, 0.29) is 0 Å². The summed E-state index contributed by atoms with van der Waals surface area (Å²) in [7, 11) is 0. The molecule has 1 unspecified atom stereocenters. The fraction of sp³-hybridized carbons (Fsp3) is 0.333. The smallest absolute Gasteiger partial charge is 0.0920 e. The van der Waals surface area contributed by atoms with Crippen LogP contribution in [-0.4, -0.2) is 11.2 Å². The van der Waals surface area contributed by atoms with Gasteiger partial charge in [0.1, 0.15) is 0 Å². The van der Waals surface area contributed by atoms with Crippen molar-refractivity contribution in [2.75, 3.05) is 0 Å². The highest BCUT2D eigenvalue weighted by atomic mass is 14.8. The van der Waals surface area contributed by atoms with Crippen molar-refractivity contribution in [2.45, 2.75) is 26.7 Å². The van der Waals surface area contributed by atoms with Gasteiger partial charge in [-0.3, -0.25) is 9.98 Å². The molecule has 0 radical (unpaired) electrons. The van der Waals surface area contributed by atoms with Gasteiger partial charge in [0.25, 0.3) is 0 Å². The van der Waals surface area contributed by atoms with Crippen LogP contribution in [0.1, 0.15) is 37.9 Å². The maximum atomic E-state index is 4.48. The van der Waals surface area contributed by atoms with Crippen molar-refractivity contribution in [3.05, 3.63) is 47.8 Å². The molecule has 0 aliphatic heterocycles. The molecule has 88 valence electrons. The summed E-state index contributed by atoms with van der Waals surface area (Å²) >= 11 is 0. The fourth-order valence-electron chi connectivity index (χ4n) is 2.32. The summed E-state index contributed by atoms with van der Waals surface area (Å²) in [5, 5.41) is 0. The number of aromatic nitrogens is 1. The molecule has 2 rings (SSSR count). The summed E-state index contributed by atoms with van der Waals surface area (Å²) in [5.74, 6) is 1.00. The standard InChI is InChI=1S/C15H18N2/c1-5-8-16-14-12(4)10(2)11(3)13-7-6-9-17-15(13)14/h5-11H,1H2,2-4H3/b16-8-/t10-,11?/m0/s1. The molecule has 0 N–H and O–H groups in total. The molecule has 0 saturated heterocycles. The van der Waals surface area contributed by atoms with Crippen LogP contribution in [0.4, 0.5) is 0 Å². The lowest BCUT2D eigenvalue weighted by atomic mass is 9.77. The molecule has 0 aromatic carbocycles. The molecule has 1 heterocycles. The molecule has 2 nitrogen and oxygen atoms in total. The minimum atomic E-state index is 0.501. The van der Waals surface area contributed by atoms with Gasteiger partial charge in [0.2, 0.25) is 0 Å². The molecule has 0 fully saturated rings. The molecule has 0 spiro atoms. The topological polar surface area (TPSA) is 25.2 Å². The Bertz CT molecular complexity index is 497. The van der Waals surface area contributed by atoms with E-state index in [0.29, 0.717) is 11.8 Å². The van der Waals surface area contributed by atoms with Gasteiger partial charge < -0.3 is 0 Å². The first-order chi connectivity index (χ1) is 8.16. The van der Waals surface area contributed by atoms with Gasteiger partial charge in [-0.1, -0.05) is 32.6 Å². The first-order valence-electron chi connectivity index (χ1n) is 5.98. The molecular formula is C15H18N2. The molecule has 1 aromatic rings. The van der Waals surface area contributed by atoms with Gasteiger partial charge in [0, 0.05) is 12.4 Å². The van der Waals surface area contributed by atoms with Crippen LogP contribution in [0, 0.1) is 5.92 Å². The Morgan fingerprint density at radius 3 is 2.82 bits per heavy atom. The van der Waals surface area contributed by atoms with Crippen LogP contribution in [0.15, 0.2) is 41.6 Å². The monoisotopic (exact) mass is 226 g/mol. The van der Waals surface area contributed by atoms with Crippen LogP contribution >= 0.6 is 0 Å². The number of hydrogen-bond donors (Lipinski definition) is 0. The number of hydrogen-bond acceptors (Lipinski definition) is 2. The molecule has 1 aliphatic carbocycles. The molecule has 2 atom stereocenters. The van der Waals surface area contributed by atoms with Gasteiger partial charge >= 0.3 is 0 Å². The normalized spacial score (nSPS) is 23.9. The fourth-order valence-corrected chi connectivity index (χ4v) is 2.32. The van der Waals surface area contributed by atoms with Gasteiger partial charge in [0.15, 0.2) is 0 Å². The SMILES string of the molecule is C=C/C=N\C1=C(C)[C@@H](C)C(C)c2cccnc21. The van der Waals surface area contributed by atoms with Gasteiger partial charge in [-0.2, -0.15) is 0 Å². The van der Waals surface area contributed by atoms with Gasteiger partial charge in [-0.15, -0.1) is 0 Å². The van der Waals surface area contributed by atoms with E-state index in [4.69, 9.17) is 0 Å². The maximum Gasteiger partial charge on any atom is 0.0920 e. The van der Waals surface area contributed by atoms with Crippen molar-refractivity contribution < 1.29 is 0 Å². The van der Waals surface area contributed by atoms with Gasteiger partial charge in [0.05, 0.1) is 11.4 Å². The van der Waals surface area contributed by atoms with E-state index < -0.39 is 0 Å². The van der Waals surface area contributed by atoms with Crippen molar-refractivity contribution in [2.24, 2.45) is 10.9 Å². The van der Waals surface area contributed by atoms with Gasteiger partial charge in [-0.25, -0.2) is 0 Å². The van der Waals surface area contributed by atoms with E-state index >= 15 is 0 Å². The van der Waals surface area contributed by atoms with Crippen molar-refractivity contribution >= 4 is 11.9 Å². The van der Waals surface area contributed by atoms with Gasteiger partial charge in [-0.05, 0) is 36.0 Å². The number of pyridine rings is 1. The zero-order valence-corrected chi connectivity index (χ0v) is 10.6. The molecule has 2 heteroatoms. The molecular weight excluding hydrogens is 208 g/mol.